The fraction of sp³-hybridized carbons (Fsp3) is 0.727. The highest BCUT2D eigenvalue weighted by Crippen LogP contribution is 2.55. The van der Waals surface area contributed by atoms with Crippen molar-refractivity contribution in [3.05, 3.63) is 11.8 Å². The van der Waals surface area contributed by atoms with Gasteiger partial charge in [0.05, 0.1) is 12.5 Å². The van der Waals surface area contributed by atoms with E-state index in [9.17, 15) is 19.6 Å². The molecule has 9 nitrogen and oxygen atoms in total. The summed E-state index contributed by atoms with van der Waals surface area (Å²) in [5.74, 6) is -0.00879. The van der Waals surface area contributed by atoms with E-state index in [2.05, 4.69) is 10.5 Å². The molecule has 1 saturated carbocycles. The van der Waals surface area contributed by atoms with Gasteiger partial charge in [0.1, 0.15) is 11.8 Å². The number of hydrogen-bond acceptors (Lipinski definition) is 6. The Morgan fingerprint density at radius 1 is 1.45 bits per heavy atom. The first-order valence-corrected chi connectivity index (χ1v) is 11.1. The molecule has 0 aromatic carbocycles. The molecule has 31 heavy (non-hydrogen) atoms. The predicted octanol–water partition coefficient (Wildman–Crippen LogP) is 2.95. The molecule has 2 fully saturated rings. The quantitative estimate of drug-likeness (QED) is 0.351. The molecule has 2 atom stereocenters. The predicted molar refractivity (Wildman–Crippen MR) is 113 cm³/mol. The summed E-state index contributed by atoms with van der Waals surface area (Å²) in [7, 11) is 0. The molecule has 1 aliphatic carbocycles. The molecule has 1 spiro atoms. The second-order valence-electron chi connectivity index (χ2n) is 10.1. The minimum Gasteiger partial charge on any atom is -0.359 e. The van der Waals surface area contributed by atoms with Crippen molar-refractivity contribution in [1.82, 2.24) is 15.1 Å². The number of anilines is 1. The van der Waals surface area contributed by atoms with E-state index in [0.29, 0.717) is 42.4 Å². The van der Waals surface area contributed by atoms with E-state index >= 15 is 0 Å². The highest BCUT2D eigenvalue weighted by atomic mass is 16.5. The van der Waals surface area contributed by atoms with Gasteiger partial charge in [-0.1, -0.05) is 45.7 Å². The van der Waals surface area contributed by atoms with E-state index in [4.69, 9.17) is 4.52 Å². The number of carbonyl (C=O) groups excluding carboxylic acids is 3. The highest BCUT2D eigenvalue weighted by Gasteiger charge is 2.55. The van der Waals surface area contributed by atoms with Crippen molar-refractivity contribution in [2.45, 2.75) is 77.7 Å². The number of carbonyl (C=O) groups is 3. The van der Waals surface area contributed by atoms with Crippen molar-refractivity contribution in [1.29, 1.82) is 0 Å². The van der Waals surface area contributed by atoms with Gasteiger partial charge in [-0.3, -0.25) is 19.6 Å². The Morgan fingerprint density at radius 2 is 2.16 bits per heavy atom. The maximum atomic E-state index is 13.4. The number of aromatic nitrogens is 1. The molecule has 3 amide bonds. The number of nitrogens with one attached hydrogen (secondary N) is 1. The summed E-state index contributed by atoms with van der Waals surface area (Å²) in [5, 5.41) is 16.9. The van der Waals surface area contributed by atoms with Gasteiger partial charge >= 0.3 is 0 Å². The SMILES string of the molecule is CCCC[C@H](CN(O)C=O)C(=O)N1CC2(CC2)C[C@H]1C(=O)Nc1cc(C(C)(C)C)on1. The molecule has 1 aromatic heterocycles. The van der Waals surface area contributed by atoms with Crippen molar-refractivity contribution in [2.24, 2.45) is 11.3 Å². The normalized spacial score (nSPS) is 20.5. The van der Waals surface area contributed by atoms with E-state index < -0.39 is 12.0 Å². The van der Waals surface area contributed by atoms with Gasteiger partial charge in [0.15, 0.2) is 5.82 Å². The first-order valence-electron chi connectivity index (χ1n) is 11.1. The van der Waals surface area contributed by atoms with Crippen LogP contribution in [0.4, 0.5) is 5.82 Å². The number of rotatable bonds is 9. The Morgan fingerprint density at radius 3 is 2.71 bits per heavy atom. The Balaban J connectivity index is 1.74. The summed E-state index contributed by atoms with van der Waals surface area (Å²) >= 11 is 0. The van der Waals surface area contributed by atoms with E-state index in [1.54, 1.807) is 11.0 Å². The molecular weight excluding hydrogens is 400 g/mol. The summed E-state index contributed by atoms with van der Waals surface area (Å²) < 4.78 is 5.35. The molecule has 1 aromatic rings. The molecule has 3 rings (SSSR count). The van der Waals surface area contributed by atoms with Crippen LogP contribution in [0.5, 0.6) is 0 Å². The Bertz CT molecular complexity index is 811. The van der Waals surface area contributed by atoms with E-state index in [0.717, 1.165) is 25.7 Å². The summed E-state index contributed by atoms with van der Waals surface area (Å²) in [6.07, 6.45) is 5.17. The van der Waals surface area contributed by atoms with Gasteiger partial charge in [-0.15, -0.1) is 0 Å². The van der Waals surface area contributed by atoms with Gasteiger partial charge in [-0.2, -0.15) is 0 Å². The average Bonchev–Trinajstić information content (AvgIpc) is 3.12. The minimum atomic E-state index is -0.600. The minimum absolute atomic E-state index is 0.0108. The van der Waals surface area contributed by atoms with Crippen molar-refractivity contribution in [3.8, 4) is 0 Å². The lowest BCUT2D eigenvalue weighted by atomic mass is 9.93. The molecule has 9 heteroatoms. The molecule has 2 heterocycles. The molecule has 1 saturated heterocycles. The third-order valence-electron chi connectivity index (χ3n) is 6.34. The van der Waals surface area contributed by atoms with Crippen LogP contribution in [0.2, 0.25) is 0 Å². The smallest absolute Gasteiger partial charge is 0.248 e. The Kier molecular flexibility index (Phi) is 6.73. The Labute approximate surface area is 183 Å². The number of hydroxylamine groups is 2. The van der Waals surface area contributed by atoms with Crippen LogP contribution in [0.1, 0.15) is 72.0 Å². The summed E-state index contributed by atoms with van der Waals surface area (Å²) in [6.45, 7) is 8.46. The van der Waals surface area contributed by atoms with Crippen LogP contribution in [0.3, 0.4) is 0 Å². The van der Waals surface area contributed by atoms with Crippen molar-refractivity contribution >= 4 is 24.0 Å². The molecule has 2 N–H and O–H groups in total. The van der Waals surface area contributed by atoms with Crippen LogP contribution in [-0.2, 0) is 19.8 Å². The van der Waals surface area contributed by atoms with Gasteiger partial charge in [0, 0.05) is 18.0 Å². The first kappa shape index (κ1) is 23.2. The van der Waals surface area contributed by atoms with E-state index in [1.165, 1.54) is 0 Å². The number of nitrogens with zero attached hydrogens (tertiary/aromatic N) is 3. The fourth-order valence-corrected chi connectivity index (χ4v) is 4.21. The molecular formula is C22H34N4O5. The second kappa shape index (κ2) is 8.98. The highest BCUT2D eigenvalue weighted by molar-refractivity contribution is 5.97. The van der Waals surface area contributed by atoms with Crippen LogP contribution in [0, 0.1) is 11.3 Å². The maximum Gasteiger partial charge on any atom is 0.248 e. The summed E-state index contributed by atoms with van der Waals surface area (Å²) in [5.41, 5.74) is -0.221. The summed E-state index contributed by atoms with van der Waals surface area (Å²) in [4.78, 5) is 39.0. The molecule has 0 bridgehead atoms. The molecule has 1 aliphatic heterocycles. The third-order valence-corrected chi connectivity index (χ3v) is 6.34. The number of amides is 3. The van der Waals surface area contributed by atoms with E-state index in [-0.39, 0.29) is 29.2 Å². The number of unbranched alkanes of at least 4 members (excludes halogenated alkanes) is 1. The first-order chi connectivity index (χ1) is 14.6. The van der Waals surface area contributed by atoms with Crippen LogP contribution >= 0.6 is 0 Å². The lowest BCUT2D eigenvalue weighted by molar-refractivity contribution is -0.157. The third kappa shape index (κ3) is 5.44. The van der Waals surface area contributed by atoms with Crippen molar-refractivity contribution in [3.63, 3.8) is 0 Å². The fourth-order valence-electron chi connectivity index (χ4n) is 4.21. The summed E-state index contributed by atoms with van der Waals surface area (Å²) in [6, 6.07) is 1.11. The standard InChI is InChI=1S/C22H34N4O5/c1-5-6-7-15(12-25(30)14-27)20(29)26-13-22(8-9-22)11-16(26)19(28)23-18-10-17(31-24-18)21(2,3)4/h10,14-16,30H,5-9,11-13H2,1-4H3,(H,23,24,28)/t15-,16+/m1/s1. The number of hydrogen-bond donors (Lipinski definition) is 2. The van der Waals surface area contributed by atoms with Gasteiger partial charge < -0.3 is 14.7 Å². The average molecular weight is 435 g/mol. The van der Waals surface area contributed by atoms with Gasteiger partial charge in [0.2, 0.25) is 18.2 Å². The van der Waals surface area contributed by atoms with Crippen molar-refractivity contribution < 1.29 is 24.1 Å². The second-order valence-corrected chi connectivity index (χ2v) is 10.1. The molecule has 172 valence electrons. The zero-order valence-electron chi connectivity index (χ0n) is 18.9. The topological polar surface area (TPSA) is 116 Å². The largest absolute Gasteiger partial charge is 0.359 e. The molecule has 0 radical (unpaired) electrons. The lowest BCUT2D eigenvalue weighted by Crippen LogP contribution is -2.47. The monoisotopic (exact) mass is 434 g/mol. The molecule has 0 unspecified atom stereocenters. The van der Waals surface area contributed by atoms with E-state index in [1.807, 2.05) is 27.7 Å². The zero-order chi connectivity index (χ0) is 22.8. The van der Waals surface area contributed by atoms with Gasteiger partial charge in [-0.25, -0.2) is 5.06 Å². The zero-order valence-corrected chi connectivity index (χ0v) is 18.9. The lowest BCUT2D eigenvalue weighted by Gasteiger charge is -2.29. The van der Waals surface area contributed by atoms with Crippen molar-refractivity contribution in [2.75, 3.05) is 18.4 Å². The van der Waals surface area contributed by atoms with Crippen LogP contribution in [0.25, 0.3) is 0 Å². The van der Waals surface area contributed by atoms with Crippen LogP contribution in [-0.4, -0.2) is 57.7 Å². The van der Waals surface area contributed by atoms with Gasteiger partial charge in [-0.05, 0) is 31.1 Å². The Hall–Kier alpha value is -2.42. The van der Waals surface area contributed by atoms with Crippen LogP contribution in [0.15, 0.2) is 10.6 Å². The molecule has 2 aliphatic rings. The number of likely N-dealkylation sites (tertiary alicyclic amines) is 1. The van der Waals surface area contributed by atoms with Crippen LogP contribution < -0.4 is 5.32 Å². The van der Waals surface area contributed by atoms with Gasteiger partial charge in [0.25, 0.3) is 0 Å². The maximum absolute atomic E-state index is 13.4.